The summed E-state index contributed by atoms with van der Waals surface area (Å²) in [7, 11) is 0. The van der Waals surface area contributed by atoms with E-state index in [1.165, 1.54) is 13.0 Å². The monoisotopic (exact) mass is 203 g/mol. The number of likely N-dealkylation sites (tertiary alicyclic amines) is 1. The third kappa shape index (κ3) is 3.88. The molecule has 0 aliphatic carbocycles. The standard InChI is InChI=1S/C10H21NOS/c1-9-7-10(2)11(8-9)3-4-12-5-6-13/h9-10,13H,3-8H2,1-2H3. The van der Waals surface area contributed by atoms with Gasteiger partial charge in [-0.1, -0.05) is 6.92 Å². The van der Waals surface area contributed by atoms with Crippen molar-refractivity contribution in [1.82, 2.24) is 4.90 Å². The molecule has 1 heterocycles. The van der Waals surface area contributed by atoms with E-state index < -0.39 is 0 Å². The van der Waals surface area contributed by atoms with E-state index in [4.69, 9.17) is 4.74 Å². The van der Waals surface area contributed by atoms with Crippen LogP contribution in [0.4, 0.5) is 0 Å². The van der Waals surface area contributed by atoms with Gasteiger partial charge in [-0.05, 0) is 19.3 Å². The largest absolute Gasteiger partial charge is 0.379 e. The molecule has 1 saturated heterocycles. The molecule has 0 bridgehead atoms. The van der Waals surface area contributed by atoms with Gasteiger partial charge in [0.1, 0.15) is 0 Å². The van der Waals surface area contributed by atoms with Gasteiger partial charge in [-0.2, -0.15) is 12.6 Å². The molecule has 0 N–H and O–H groups in total. The molecule has 1 aliphatic heterocycles. The van der Waals surface area contributed by atoms with Crippen molar-refractivity contribution in [3.63, 3.8) is 0 Å². The average Bonchev–Trinajstić information content (AvgIpc) is 2.39. The SMILES string of the molecule is CC1CC(C)N(CCOCCS)C1. The summed E-state index contributed by atoms with van der Waals surface area (Å²) < 4.78 is 5.41. The van der Waals surface area contributed by atoms with Gasteiger partial charge in [0.2, 0.25) is 0 Å². The van der Waals surface area contributed by atoms with E-state index in [9.17, 15) is 0 Å². The van der Waals surface area contributed by atoms with E-state index in [1.54, 1.807) is 0 Å². The first kappa shape index (κ1) is 11.3. The van der Waals surface area contributed by atoms with Gasteiger partial charge in [0.15, 0.2) is 0 Å². The highest BCUT2D eigenvalue weighted by atomic mass is 32.1. The summed E-state index contributed by atoms with van der Waals surface area (Å²) in [5.41, 5.74) is 0. The van der Waals surface area contributed by atoms with E-state index in [2.05, 4.69) is 31.4 Å². The van der Waals surface area contributed by atoms with Gasteiger partial charge in [-0.3, -0.25) is 4.90 Å². The van der Waals surface area contributed by atoms with Crippen molar-refractivity contribution >= 4 is 12.6 Å². The Bertz CT molecular complexity index is 143. The molecule has 1 fully saturated rings. The van der Waals surface area contributed by atoms with Crippen LogP contribution in [-0.2, 0) is 4.74 Å². The molecule has 78 valence electrons. The number of hydrogen-bond acceptors (Lipinski definition) is 3. The molecule has 0 aromatic carbocycles. The van der Waals surface area contributed by atoms with Crippen molar-refractivity contribution in [2.75, 3.05) is 32.1 Å². The Morgan fingerprint density at radius 2 is 2.15 bits per heavy atom. The third-order valence-electron chi connectivity index (χ3n) is 2.67. The Morgan fingerprint density at radius 3 is 2.69 bits per heavy atom. The third-order valence-corrected chi connectivity index (χ3v) is 2.85. The topological polar surface area (TPSA) is 12.5 Å². The Labute approximate surface area is 87.0 Å². The fraction of sp³-hybridized carbons (Fsp3) is 1.00. The van der Waals surface area contributed by atoms with Gasteiger partial charge < -0.3 is 4.74 Å². The first-order chi connectivity index (χ1) is 6.24. The molecule has 0 saturated carbocycles. The second-order valence-corrected chi connectivity index (χ2v) is 4.47. The van der Waals surface area contributed by atoms with E-state index in [0.29, 0.717) is 0 Å². The van der Waals surface area contributed by atoms with Crippen molar-refractivity contribution in [3.05, 3.63) is 0 Å². The maximum atomic E-state index is 5.41. The van der Waals surface area contributed by atoms with Crippen molar-refractivity contribution in [1.29, 1.82) is 0 Å². The summed E-state index contributed by atoms with van der Waals surface area (Å²) in [5.74, 6) is 1.69. The molecule has 1 aliphatic rings. The summed E-state index contributed by atoms with van der Waals surface area (Å²) >= 11 is 4.10. The molecule has 2 unspecified atom stereocenters. The summed E-state index contributed by atoms with van der Waals surface area (Å²) in [6, 6.07) is 0.745. The Hall–Kier alpha value is 0.270. The van der Waals surface area contributed by atoms with Crippen LogP contribution >= 0.6 is 12.6 Å². The maximum absolute atomic E-state index is 5.41. The number of thiol groups is 1. The Balaban J connectivity index is 2.07. The molecular weight excluding hydrogens is 182 g/mol. The number of rotatable bonds is 5. The molecule has 0 amide bonds. The fourth-order valence-corrected chi connectivity index (χ4v) is 2.18. The second-order valence-electron chi connectivity index (χ2n) is 4.02. The molecule has 0 aromatic heterocycles. The Kier molecular flexibility index (Phi) is 5.14. The van der Waals surface area contributed by atoms with Crippen molar-refractivity contribution in [2.24, 2.45) is 5.92 Å². The van der Waals surface area contributed by atoms with Crippen molar-refractivity contribution < 1.29 is 4.74 Å². The molecular formula is C10H21NOS. The lowest BCUT2D eigenvalue weighted by molar-refractivity contribution is 0.112. The van der Waals surface area contributed by atoms with Gasteiger partial charge in [-0.15, -0.1) is 0 Å². The highest BCUT2D eigenvalue weighted by Gasteiger charge is 2.25. The zero-order valence-electron chi connectivity index (χ0n) is 8.70. The second kappa shape index (κ2) is 5.89. The zero-order chi connectivity index (χ0) is 9.68. The smallest absolute Gasteiger partial charge is 0.0593 e. The summed E-state index contributed by atoms with van der Waals surface area (Å²) in [6.07, 6.45) is 1.34. The number of ether oxygens (including phenoxy) is 1. The molecule has 1 rings (SSSR count). The predicted octanol–water partition coefficient (Wildman–Crippen LogP) is 1.66. The first-order valence-corrected chi connectivity index (χ1v) is 5.80. The minimum Gasteiger partial charge on any atom is -0.379 e. The fourth-order valence-electron chi connectivity index (χ4n) is 2.05. The average molecular weight is 203 g/mol. The van der Waals surface area contributed by atoms with Crippen LogP contribution in [0.15, 0.2) is 0 Å². The van der Waals surface area contributed by atoms with E-state index in [-0.39, 0.29) is 0 Å². The lowest BCUT2D eigenvalue weighted by atomic mass is 10.1. The highest BCUT2D eigenvalue weighted by molar-refractivity contribution is 7.80. The van der Waals surface area contributed by atoms with Crippen LogP contribution < -0.4 is 0 Å². The molecule has 0 radical (unpaired) electrons. The maximum Gasteiger partial charge on any atom is 0.0593 e. The van der Waals surface area contributed by atoms with Gasteiger partial charge in [0.25, 0.3) is 0 Å². The highest BCUT2D eigenvalue weighted by Crippen LogP contribution is 2.21. The molecule has 2 atom stereocenters. The van der Waals surface area contributed by atoms with Crippen LogP contribution in [0.25, 0.3) is 0 Å². The van der Waals surface area contributed by atoms with Crippen LogP contribution in [0.2, 0.25) is 0 Å². The van der Waals surface area contributed by atoms with Gasteiger partial charge >= 0.3 is 0 Å². The van der Waals surface area contributed by atoms with Crippen LogP contribution in [-0.4, -0.2) is 43.0 Å². The lowest BCUT2D eigenvalue weighted by Crippen LogP contribution is -2.30. The van der Waals surface area contributed by atoms with Crippen LogP contribution in [0, 0.1) is 5.92 Å². The molecule has 13 heavy (non-hydrogen) atoms. The van der Waals surface area contributed by atoms with E-state index >= 15 is 0 Å². The molecule has 2 nitrogen and oxygen atoms in total. The minimum absolute atomic E-state index is 0.745. The molecule has 0 aromatic rings. The normalized spacial score (nSPS) is 29.8. The molecule has 3 heteroatoms. The molecule has 0 spiro atoms. The van der Waals surface area contributed by atoms with Crippen LogP contribution in [0.1, 0.15) is 20.3 Å². The first-order valence-electron chi connectivity index (χ1n) is 5.16. The van der Waals surface area contributed by atoms with Crippen molar-refractivity contribution in [2.45, 2.75) is 26.3 Å². The van der Waals surface area contributed by atoms with Gasteiger partial charge in [0, 0.05) is 24.9 Å². The van der Waals surface area contributed by atoms with Crippen LogP contribution in [0.3, 0.4) is 0 Å². The Morgan fingerprint density at radius 1 is 1.38 bits per heavy atom. The lowest BCUT2D eigenvalue weighted by Gasteiger charge is -2.20. The summed E-state index contributed by atoms with van der Waals surface area (Å²) in [4.78, 5) is 2.52. The van der Waals surface area contributed by atoms with E-state index in [0.717, 1.165) is 37.5 Å². The van der Waals surface area contributed by atoms with Gasteiger partial charge in [0.05, 0.1) is 13.2 Å². The predicted molar refractivity (Wildman–Crippen MR) is 59.5 cm³/mol. The minimum atomic E-state index is 0.745. The number of hydrogen-bond donors (Lipinski definition) is 1. The van der Waals surface area contributed by atoms with Crippen LogP contribution in [0.5, 0.6) is 0 Å². The summed E-state index contributed by atoms with van der Waals surface area (Å²) in [5, 5.41) is 0. The quantitative estimate of drug-likeness (QED) is 0.539. The van der Waals surface area contributed by atoms with E-state index in [1.807, 2.05) is 0 Å². The summed E-state index contributed by atoms with van der Waals surface area (Å²) in [6.45, 7) is 8.59. The van der Waals surface area contributed by atoms with Gasteiger partial charge in [-0.25, -0.2) is 0 Å². The zero-order valence-corrected chi connectivity index (χ0v) is 9.59. The van der Waals surface area contributed by atoms with Crippen molar-refractivity contribution in [3.8, 4) is 0 Å². The number of nitrogens with zero attached hydrogens (tertiary/aromatic N) is 1.